The molecule has 0 aliphatic heterocycles. The summed E-state index contributed by atoms with van der Waals surface area (Å²) in [7, 11) is 1.74. The van der Waals surface area contributed by atoms with Crippen molar-refractivity contribution in [2.75, 3.05) is 12.4 Å². The zero-order valence-corrected chi connectivity index (χ0v) is 12.2. The van der Waals surface area contributed by atoms with Crippen LogP contribution in [-0.2, 0) is 0 Å². The van der Waals surface area contributed by atoms with Crippen LogP contribution in [0.15, 0.2) is 18.2 Å². The molecule has 1 aromatic carbocycles. The highest BCUT2D eigenvalue weighted by molar-refractivity contribution is 9.09. The molecule has 1 aromatic rings. The second-order valence-corrected chi connectivity index (χ2v) is 5.34. The van der Waals surface area contributed by atoms with E-state index >= 15 is 0 Å². The first kappa shape index (κ1) is 14.0. The van der Waals surface area contributed by atoms with E-state index < -0.39 is 0 Å². The Morgan fingerprint density at radius 1 is 1.47 bits per heavy atom. The van der Waals surface area contributed by atoms with E-state index in [0.29, 0.717) is 16.5 Å². The van der Waals surface area contributed by atoms with Crippen LogP contribution in [0, 0.1) is 6.92 Å². The predicted octanol–water partition coefficient (Wildman–Crippen LogP) is 2.95. The molecule has 17 heavy (non-hydrogen) atoms. The number of nitrogens with zero attached hydrogens (tertiary/aromatic N) is 1. The lowest BCUT2D eigenvalue weighted by atomic mass is 10.0. The van der Waals surface area contributed by atoms with Crippen molar-refractivity contribution in [3.63, 3.8) is 0 Å². The summed E-state index contributed by atoms with van der Waals surface area (Å²) in [6.45, 7) is 5.71. The third kappa shape index (κ3) is 2.80. The molecule has 0 aromatic heterocycles. The number of phenols is 1. The molecule has 0 fully saturated rings. The average Bonchev–Trinajstić information content (AvgIpc) is 2.30. The molecule has 94 valence electrons. The number of alkyl halides is 1. The quantitative estimate of drug-likeness (QED) is 0.872. The molecule has 1 amide bonds. The van der Waals surface area contributed by atoms with Crippen LogP contribution in [0.4, 0.5) is 0 Å². The maximum absolute atomic E-state index is 12.3. The highest BCUT2D eigenvalue weighted by Gasteiger charge is 2.28. The zero-order chi connectivity index (χ0) is 13.2. The maximum atomic E-state index is 12.3. The highest BCUT2D eigenvalue weighted by atomic mass is 79.9. The summed E-state index contributed by atoms with van der Waals surface area (Å²) in [4.78, 5) is 13.9. The minimum absolute atomic E-state index is 0.0646. The lowest BCUT2D eigenvalue weighted by Crippen LogP contribution is -2.46. The number of carbonyl (C=O) groups excluding carboxylic acids is 1. The molecule has 0 spiro atoms. The van der Waals surface area contributed by atoms with E-state index in [4.69, 9.17) is 0 Å². The van der Waals surface area contributed by atoms with Gasteiger partial charge in [0.2, 0.25) is 0 Å². The number of carbonyl (C=O) groups is 1. The molecule has 0 bridgehead atoms. The molecule has 0 radical (unpaired) electrons. The van der Waals surface area contributed by atoms with Crippen LogP contribution in [-0.4, -0.2) is 33.8 Å². The third-order valence-electron chi connectivity index (χ3n) is 3.01. The summed E-state index contributed by atoms with van der Waals surface area (Å²) in [6, 6.07) is 5.20. The summed E-state index contributed by atoms with van der Waals surface area (Å²) in [6.07, 6.45) is 0. The van der Waals surface area contributed by atoms with Gasteiger partial charge >= 0.3 is 0 Å². The standard InChI is InChI=1S/C13H18BrNO2/c1-9-6-5-7-10(11(9)16)12(17)15(4)13(2,3)8-14/h5-7,16H,8H2,1-4H3. The Labute approximate surface area is 111 Å². The van der Waals surface area contributed by atoms with Gasteiger partial charge in [-0.1, -0.05) is 28.1 Å². The van der Waals surface area contributed by atoms with Gasteiger partial charge < -0.3 is 10.0 Å². The van der Waals surface area contributed by atoms with Crippen LogP contribution >= 0.6 is 15.9 Å². The molecule has 1 N–H and O–H groups in total. The van der Waals surface area contributed by atoms with Gasteiger partial charge in [0.1, 0.15) is 5.75 Å². The van der Waals surface area contributed by atoms with Crippen molar-refractivity contribution < 1.29 is 9.90 Å². The summed E-state index contributed by atoms with van der Waals surface area (Å²) >= 11 is 3.39. The van der Waals surface area contributed by atoms with Gasteiger partial charge in [-0.15, -0.1) is 0 Å². The van der Waals surface area contributed by atoms with Gasteiger partial charge in [-0.3, -0.25) is 4.79 Å². The SMILES string of the molecule is Cc1cccc(C(=O)N(C)C(C)(C)CBr)c1O. The molecule has 0 saturated heterocycles. The van der Waals surface area contributed by atoms with Gasteiger partial charge in [-0.2, -0.15) is 0 Å². The number of benzene rings is 1. The minimum atomic E-state index is -0.298. The van der Waals surface area contributed by atoms with Gasteiger partial charge in [0.25, 0.3) is 5.91 Å². The molecular weight excluding hydrogens is 282 g/mol. The summed E-state index contributed by atoms with van der Waals surface area (Å²) in [5, 5.41) is 10.6. The van der Waals surface area contributed by atoms with Crippen molar-refractivity contribution in [2.45, 2.75) is 26.3 Å². The number of aromatic hydroxyl groups is 1. The molecule has 0 atom stereocenters. The predicted molar refractivity (Wildman–Crippen MR) is 72.8 cm³/mol. The molecule has 4 heteroatoms. The van der Waals surface area contributed by atoms with E-state index in [0.717, 1.165) is 0 Å². The van der Waals surface area contributed by atoms with Crippen LogP contribution in [0.2, 0.25) is 0 Å². The van der Waals surface area contributed by atoms with Gasteiger partial charge in [0, 0.05) is 17.9 Å². The Bertz CT molecular complexity index is 429. The Morgan fingerprint density at radius 2 is 2.06 bits per heavy atom. The number of para-hydroxylation sites is 1. The first-order valence-corrected chi connectivity index (χ1v) is 6.56. The second-order valence-electron chi connectivity index (χ2n) is 4.78. The summed E-state index contributed by atoms with van der Waals surface area (Å²) in [5.74, 6) is -0.106. The lowest BCUT2D eigenvalue weighted by molar-refractivity contribution is 0.0660. The molecule has 0 unspecified atom stereocenters. The number of hydrogen-bond acceptors (Lipinski definition) is 2. The molecule has 0 aliphatic carbocycles. The number of hydrogen-bond donors (Lipinski definition) is 1. The smallest absolute Gasteiger partial charge is 0.257 e. The largest absolute Gasteiger partial charge is 0.507 e. The van der Waals surface area contributed by atoms with E-state index in [-0.39, 0.29) is 17.2 Å². The van der Waals surface area contributed by atoms with Crippen molar-refractivity contribution in [1.29, 1.82) is 0 Å². The number of rotatable bonds is 3. The molecular formula is C13H18BrNO2. The Morgan fingerprint density at radius 3 is 2.59 bits per heavy atom. The van der Waals surface area contributed by atoms with Crippen LogP contribution < -0.4 is 0 Å². The number of phenolic OH excluding ortho intramolecular Hbond substituents is 1. The van der Waals surface area contributed by atoms with Crippen molar-refractivity contribution in [2.24, 2.45) is 0 Å². The maximum Gasteiger partial charge on any atom is 0.257 e. The second kappa shape index (κ2) is 5.08. The van der Waals surface area contributed by atoms with Gasteiger partial charge in [0.15, 0.2) is 0 Å². The van der Waals surface area contributed by atoms with Crippen molar-refractivity contribution in [3.8, 4) is 5.75 Å². The molecule has 0 saturated carbocycles. The molecule has 0 heterocycles. The summed E-state index contributed by atoms with van der Waals surface area (Å²) in [5.41, 5.74) is 0.759. The molecule has 1 rings (SSSR count). The van der Waals surface area contributed by atoms with Gasteiger partial charge in [0.05, 0.1) is 5.56 Å². The lowest BCUT2D eigenvalue weighted by Gasteiger charge is -2.34. The van der Waals surface area contributed by atoms with Crippen LogP contribution in [0.3, 0.4) is 0 Å². The van der Waals surface area contributed by atoms with Gasteiger partial charge in [-0.25, -0.2) is 0 Å². The average molecular weight is 300 g/mol. The van der Waals surface area contributed by atoms with Crippen LogP contribution in [0.5, 0.6) is 5.75 Å². The summed E-state index contributed by atoms with van der Waals surface area (Å²) < 4.78 is 0. The van der Waals surface area contributed by atoms with Crippen LogP contribution in [0.1, 0.15) is 29.8 Å². The van der Waals surface area contributed by atoms with Gasteiger partial charge in [-0.05, 0) is 32.4 Å². The fourth-order valence-electron chi connectivity index (χ4n) is 1.38. The van der Waals surface area contributed by atoms with E-state index in [2.05, 4.69) is 15.9 Å². The first-order chi connectivity index (χ1) is 7.81. The molecule has 3 nitrogen and oxygen atoms in total. The fourth-order valence-corrected chi connectivity index (χ4v) is 1.75. The van der Waals surface area contributed by atoms with Crippen LogP contribution in [0.25, 0.3) is 0 Å². The number of amides is 1. The minimum Gasteiger partial charge on any atom is -0.507 e. The fraction of sp³-hybridized carbons (Fsp3) is 0.462. The van der Waals surface area contributed by atoms with Crippen molar-refractivity contribution in [1.82, 2.24) is 4.90 Å². The third-order valence-corrected chi connectivity index (χ3v) is 4.38. The Kier molecular flexibility index (Phi) is 4.20. The van der Waals surface area contributed by atoms with E-state index in [1.165, 1.54) is 0 Å². The van der Waals surface area contributed by atoms with Crippen molar-refractivity contribution >= 4 is 21.8 Å². The highest BCUT2D eigenvalue weighted by Crippen LogP contribution is 2.25. The van der Waals surface area contributed by atoms with E-state index in [9.17, 15) is 9.90 Å². The van der Waals surface area contributed by atoms with Crippen molar-refractivity contribution in [3.05, 3.63) is 29.3 Å². The van der Waals surface area contributed by atoms with E-state index in [1.54, 1.807) is 37.1 Å². The first-order valence-electron chi connectivity index (χ1n) is 5.44. The molecule has 0 aliphatic rings. The zero-order valence-electron chi connectivity index (χ0n) is 10.6. The normalized spacial score (nSPS) is 11.4. The number of halogens is 1. The Balaban J connectivity index is 3.09. The number of aryl methyl sites for hydroxylation is 1. The van der Waals surface area contributed by atoms with E-state index in [1.807, 2.05) is 13.8 Å². The monoisotopic (exact) mass is 299 g/mol. The Hall–Kier alpha value is -1.03. The topological polar surface area (TPSA) is 40.5 Å².